The maximum atomic E-state index is 8.26. The van der Waals surface area contributed by atoms with Crippen LogP contribution in [0.25, 0.3) is 0 Å². The highest BCUT2D eigenvalue weighted by atomic mass is 35.5. The number of benzene rings is 1. The van der Waals surface area contributed by atoms with Crippen molar-refractivity contribution >= 4 is 11.6 Å². The molecule has 0 amide bonds. The van der Waals surface area contributed by atoms with Gasteiger partial charge in [0.15, 0.2) is 0 Å². The number of nitrogens with zero attached hydrogens (tertiary/aromatic N) is 1. The Morgan fingerprint density at radius 2 is 2.15 bits per heavy atom. The Hall–Kier alpha value is -1.04. The highest BCUT2D eigenvalue weighted by Crippen LogP contribution is 2.15. The molecule has 0 atom stereocenters. The second-order valence-electron chi connectivity index (χ2n) is 2.55. The third-order valence-electron chi connectivity index (χ3n) is 1.57. The molecule has 1 aromatic carbocycles. The van der Waals surface area contributed by atoms with E-state index in [1.807, 2.05) is 30.3 Å². The second-order valence-corrected chi connectivity index (χ2v) is 2.96. The van der Waals surface area contributed by atoms with E-state index in [1.165, 1.54) is 0 Å². The molecule has 0 aliphatic heterocycles. The van der Waals surface area contributed by atoms with Gasteiger partial charge in [-0.1, -0.05) is 29.8 Å². The van der Waals surface area contributed by atoms with E-state index in [1.54, 1.807) is 0 Å². The molecule has 0 N–H and O–H groups in total. The molecule has 1 aromatic rings. The summed E-state index contributed by atoms with van der Waals surface area (Å²) in [6, 6.07) is 9.53. The molecular formula is C10H10ClNO. The largest absolute Gasteiger partial charge is 0.376 e. The van der Waals surface area contributed by atoms with Crippen LogP contribution in [0.15, 0.2) is 24.3 Å². The Labute approximate surface area is 82.7 Å². The van der Waals surface area contributed by atoms with E-state index < -0.39 is 0 Å². The molecule has 0 heterocycles. The van der Waals surface area contributed by atoms with Crippen LogP contribution >= 0.6 is 11.6 Å². The number of hydrogen-bond donors (Lipinski definition) is 0. The molecule has 0 aliphatic carbocycles. The molecule has 0 saturated carbocycles. The minimum Gasteiger partial charge on any atom is -0.376 e. The van der Waals surface area contributed by atoms with Crippen molar-refractivity contribution in [2.45, 2.75) is 13.0 Å². The molecule has 0 radical (unpaired) electrons. The summed E-state index contributed by atoms with van der Waals surface area (Å²) in [7, 11) is 0. The van der Waals surface area contributed by atoms with Crippen LogP contribution in [0, 0.1) is 11.3 Å². The van der Waals surface area contributed by atoms with Crippen molar-refractivity contribution in [3.8, 4) is 6.07 Å². The zero-order valence-electron chi connectivity index (χ0n) is 7.16. The molecule has 3 heteroatoms. The van der Waals surface area contributed by atoms with Crippen LogP contribution in [0.5, 0.6) is 0 Å². The minimum absolute atomic E-state index is 0.421. The van der Waals surface area contributed by atoms with E-state index in [9.17, 15) is 0 Å². The second kappa shape index (κ2) is 5.58. The Morgan fingerprint density at radius 3 is 2.85 bits per heavy atom. The lowest BCUT2D eigenvalue weighted by Crippen LogP contribution is -1.94. The molecular weight excluding hydrogens is 186 g/mol. The van der Waals surface area contributed by atoms with E-state index in [2.05, 4.69) is 0 Å². The van der Waals surface area contributed by atoms with E-state index in [-0.39, 0.29) is 0 Å². The quantitative estimate of drug-likeness (QED) is 0.693. The predicted octanol–water partition coefficient (Wildman–Crippen LogP) is 2.77. The molecule has 13 heavy (non-hydrogen) atoms. The first-order chi connectivity index (χ1) is 6.34. The monoisotopic (exact) mass is 195 g/mol. The van der Waals surface area contributed by atoms with Gasteiger partial charge in [0, 0.05) is 5.02 Å². The van der Waals surface area contributed by atoms with Gasteiger partial charge in [0.1, 0.15) is 0 Å². The summed E-state index contributed by atoms with van der Waals surface area (Å²) in [6.07, 6.45) is 0.421. The molecule has 0 fully saturated rings. The van der Waals surface area contributed by atoms with E-state index >= 15 is 0 Å². The third-order valence-corrected chi connectivity index (χ3v) is 1.94. The first kappa shape index (κ1) is 10.0. The lowest BCUT2D eigenvalue weighted by atomic mass is 10.2. The summed E-state index contributed by atoms with van der Waals surface area (Å²) in [5, 5.41) is 8.97. The smallest absolute Gasteiger partial charge is 0.0731 e. The van der Waals surface area contributed by atoms with Gasteiger partial charge in [-0.2, -0.15) is 5.26 Å². The summed E-state index contributed by atoms with van der Waals surface area (Å²) >= 11 is 5.89. The van der Waals surface area contributed by atoms with E-state index in [0.717, 1.165) is 5.56 Å². The summed E-state index contributed by atoms with van der Waals surface area (Å²) < 4.78 is 5.23. The summed E-state index contributed by atoms with van der Waals surface area (Å²) in [6.45, 7) is 0.934. The molecule has 0 spiro atoms. The fourth-order valence-electron chi connectivity index (χ4n) is 0.915. The Morgan fingerprint density at radius 1 is 1.38 bits per heavy atom. The molecule has 0 aromatic heterocycles. The number of hydrogen-bond acceptors (Lipinski definition) is 2. The lowest BCUT2D eigenvalue weighted by molar-refractivity contribution is 0.126. The summed E-state index contributed by atoms with van der Waals surface area (Å²) in [5.41, 5.74) is 0.960. The fourth-order valence-corrected chi connectivity index (χ4v) is 1.11. The van der Waals surface area contributed by atoms with E-state index in [0.29, 0.717) is 24.7 Å². The van der Waals surface area contributed by atoms with Crippen LogP contribution < -0.4 is 0 Å². The topological polar surface area (TPSA) is 33.0 Å². The van der Waals surface area contributed by atoms with Crippen molar-refractivity contribution in [3.63, 3.8) is 0 Å². The van der Waals surface area contributed by atoms with Crippen LogP contribution in [0.2, 0.25) is 5.02 Å². The summed E-state index contributed by atoms with van der Waals surface area (Å²) in [5.74, 6) is 0. The maximum Gasteiger partial charge on any atom is 0.0731 e. The van der Waals surface area contributed by atoms with Gasteiger partial charge in [-0.25, -0.2) is 0 Å². The van der Waals surface area contributed by atoms with Crippen LogP contribution in [0.1, 0.15) is 12.0 Å². The minimum atomic E-state index is 0.421. The Balaban J connectivity index is 2.37. The molecule has 2 nitrogen and oxygen atoms in total. The first-order valence-electron chi connectivity index (χ1n) is 4.02. The van der Waals surface area contributed by atoms with Gasteiger partial charge in [-0.15, -0.1) is 0 Å². The molecule has 0 unspecified atom stereocenters. The zero-order valence-corrected chi connectivity index (χ0v) is 7.92. The first-order valence-corrected chi connectivity index (χ1v) is 4.40. The van der Waals surface area contributed by atoms with Crippen LogP contribution in [-0.4, -0.2) is 6.61 Å². The zero-order chi connectivity index (χ0) is 9.52. The van der Waals surface area contributed by atoms with Gasteiger partial charge < -0.3 is 4.74 Å². The molecule has 0 aliphatic rings. The summed E-state index contributed by atoms with van der Waals surface area (Å²) in [4.78, 5) is 0. The number of nitriles is 1. The van der Waals surface area contributed by atoms with Crippen LogP contribution in [-0.2, 0) is 11.3 Å². The van der Waals surface area contributed by atoms with Gasteiger partial charge in [0.25, 0.3) is 0 Å². The Bertz CT molecular complexity index is 306. The van der Waals surface area contributed by atoms with Gasteiger partial charge in [-0.05, 0) is 11.6 Å². The van der Waals surface area contributed by atoms with Gasteiger partial charge >= 0.3 is 0 Å². The standard InChI is InChI=1S/C10H10ClNO/c11-10-5-2-1-4-9(10)8-13-7-3-6-12/h1-2,4-5H,3,7-8H2. The van der Waals surface area contributed by atoms with E-state index in [4.69, 9.17) is 21.6 Å². The number of halogens is 1. The number of rotatable bonds is 4. The normalized spacial score (nSPS) is 9.54. The predicted molar refractivity (Wildman–Crippen MR) is 51.3 cm³/mol. The molecule has 1 rings (SSSR count). The van der Waals surface area contributed by atoms with Crippen molar-refractivity contribution in [3.05, 3.63) is 34.9 Å². The highest BCUT2D eigenvalue weighted by molar-refractivity contribution is 6.31. The molecule has 0 saturated heterocycles. The van der Waals surface area contributed by atoms with Crippen molar-refractivity contribution in [1.82, 2.24) is 0 Å². The van der Waals surface area contributed by atoms with Crippen molar-refractivity contribution in [1.29, 1.82) is 5.26 Å². The van der Waals surface area contributed by atoms with Crippen LogP contribution in [0.3, 0.4) is 0 Å². The maximum absolute atomic E-state index is 8.26. The highest BCUT2D eigenvalue weighted by Gasteiger charge is 1.97. The van der Waals surface area contributed by atoms with Gasteiger partial charge in [0.2, 0.25) is 0 Å². The van der Waals surface area contributed by atoms with Crippen molar-refractivity contribution < 1.29 is 4.74 Å². The average Bonchev–Trinajstić information content (AvgIpc) is 2.15. The molecule has 0 bridgehead atoms. The van der Waals surface area contributed by atoms with Crippen molar-refractivity contribution in [2.24, 2.45) is 0 Å². The van der Waals surface area contributed by atoms with Gasteiger partial charge in [-0.3, -0.25) is 0 Å². The van der Waals surface area contributed by atoms with Crippen molar-refractivity contribution in [2.75, 3.05) is 6.61 Å². The average molecular weight is 196 g/mol. The lowest BCUT2D eigenvalue weighted by Gasteiger charge is -2.03. The number of ether oxygens (including phenoxy) is 1. The Kier molecular flexibility index (Phi) is 4.31. The third kappa shape index (κ3) is 3.45. The van der Waals surface area contributed by atoms with Gasteiger partial charge in [0.05, 0.1) is 25.7 Å². The fraction of sp³-hybridized carbons (Fsp3) is 0.300. The SMILES string of the molecule is N#CCCOCc1ccccc1Cl. The van der Waals surface area contributed by atoms with Crippen LogP contribution in [0.4, 0.5) is 0 Å². The molecule has 68 valence electrons.